The highest BCUT2D eigenvalue weighted by Gasteiger charge is 2.28. The molecular weight excluding hydrogens is 226 g/mol. The molecule has 2 rings (SSSR count). The number of aliphatic hydroxyl groups is 1. The van der Waals surface area contributed by atoms with Gasteiger partial charge in [-0.1, -0.05) is 18.9 Å². The summed E-state index contributed by atoms with van der Waals surface area (Å²) in [5.41, 5.74) is 7.03. The van der Waals surface area contributed by atoms with Gasteiger partial charge in [-0.15, -0.1) is 0 Å². The lowest BCUT2D eigenvalue weighted by molar-refractivity contribution is 0.106. The Morgan fingerprint density at radius 1 is 1.44 bits per heavy atom. The first-order chi connectivity index (χ1) is 8.61. The molecule has 0 radical (unpaired) electrons. The number of nitrogens with zero attached hydrogens (tertiary/aromatic N) is 2. The van der Waals surface area contributed by atoms with Crippen molar-refractivity contribution in [2.45, 2.75) is 50.8 Å². The zero-order chi connectivity index (χ0) is 13.1. The Bertz CT molecular complexity index is 394. The molecule has 0 aliphatic heterocycles. The van der Waals surface area contributed by atoms with E-state index in [1.807, 2.05) is 26.1 Å². The smallest absolute Gasteiger partial charge is 0.133 e. The maximum Gasteiger partial charge on any atom is 0.133 e. The van der Waals surface area contributed by atoms with E-state index in [-0.39, 0.29) is 18.2 Å². The lowest BCUT2D eigenvalue weighted by atomic mass is 9.91. The van der Waals surface area contributed by atoms with Gasteiger partial charge in [0.1, 0.15) is 5.82 Å². The molecule has 3 atom stereocenters. The SMILES string of the molecule is CC(N)c1cccnc1N(C)C1CCCCC1O. The summed E-state index contributed by atoms with van der Waals surface area (Å²) in [6, 6.07) is 4.04. The van der Waals surface area contributed by atoms with Crippen molar-refractivity contribution in [3.05, 3.63) is 23.9 Å². The van der Waals surface area contributed by atoms with E-state index in [4.69, 9.17) is 5.73 Å². The summed E-state index contributed by atoms with van der Waals surface area (Å²) in [5.74, 6) is 0.901. The number of nitrogens with two attached hydrogens (primary N) is 1. The normalized spacial score (nSPS) is 25.8. The third kappa shape index (κ3) is 2.65. The topological polar surface area (TPSA) is 62.4 Å². The van der Waals surface area contributed by atoms with Crippen molar-refractivity contribution in [3.63, 3.8) is 0 Å². The highest BCUT2D eigenvalue weighted by molar-refractivity contribution is 5.48. The molecule has 0 spiro atoms. The Morgan fingerprint density at radius 3 is 2.83 bits per heavy atom. The first-order valence-corrected chi connectivity index (χ1v) is 6.72. The minimum absolute atomic E-state index is 0.0446. The molecule has 100 valence electrons. The molecule has 0 bridgehead atoms. The van der Waals surface area contributed by atoms with Crippen LogP contribution in [0.1, 0.15) is 44.2 Å². The molecule has 1 fully saturated rings. The average molecular weight is 249 g/mol. The van der Waals surface area contributed by atoms with Crippen molar-refractivity contribution in [3.8, 4) is 0 Å². The lowest BCUT2D eigenvalue weighted by Gasteiger charge is -2.37. The molecular formula is C14H23N3O. The highest BCUT2D eigenvalue weighted by Crippen LogP contribution is 2.29. The molecule has 18 heavy (non-hydrogen) atoms. The average Bonchev–Trinajstić information content (AvgIpc) is 2.38. The van der Waals surface area contributed by atoms with E-state index in [0.717, 1.165) is 30.6 Å². The van der Waals surface area contributed by atoms with Gasteiger partial charge in [0.15, 0.2) is 0 Å². The quantitative estimate of drug-likeness (QED) is 0.858. The number of pyridine rings is 1. The zero-order valence-corrected chi connectivity index (χ0v) is 11.2. The van der Waals surface area contributed by atoms with Crippen LogP contribution >= 0.6 is 0 Å². The van der Waals surface area contributed by atoms with Crippen LogP contribution in [0.5, 0.6) is 0 Å². The predicted molar refractivity (Wildman–Crippen MR) is 73.5 cm³/mol. The molecule has 1 aliphatic carbocycles. The molecule has 1 aromatic heterocycles. The molecule has 0 aromatic carbocycles. The van der Waals surface area contributed by atoms with Crippen molar-refractivity contribution in [2.75, 3.05) is 11.9 Å². The molecule has 1 saturated carbocycles. The van der Waals surface area contributed by atoms with Gasteiger partial charge >= 0.3 is 0 Å². The fourth-order valence-electron chi connectivity index (χ4n) is 2.76. The van der Waals surface area contributed by atoms with Crippen LogP contribution in [0.3, 0.4) is 0 Å². The van der Waals surface area contributed by atoms with Crippen LogP contribution in [-0.4, -0.2) is 29.3 Å². The van der Waals surface area contributed by atoms with Gasteiger partial charge in [0, 0.05) is 24.8 Å². The van der Waals surface area contributed by atoms with Crippen molar-refractivity contribution in [1.82, 2.24) is 4.98 Å². The summed E-state index contributed by atoms with van der Waals surface area (Å²) in [4.78, 5) is 6.54. The summed E-state index contributed by atoms with van der Waals surface area (Å²) in [6.07, 6.45) is 5.72. The van der Waals surface area contributed by atoms with Crippen molar-refractivity contribution < 1.29 is 5.11 Å². The Labute approximate surface area is 109 Å². The molecule has 1 aromatic rings. The van der Waals surface area contributed by atoms with E-state index in [0.29, 0.717) is 0 Å². The molecule has 0 amide bonds. The molecule has 4 nitrogen and oxygen atoms in total. The number of anilines is 1. The van der Waals surface area contributed by atoms with E-state index < -0.39 is 0 Å². The van der Waals surface area contributed by atoms with Crippen molar-refractivity contribution in [2.24, 2.45) is 5.73 Å². The van der Waals surface area contributed by atoms with Gasteiger partial charge in [0.05, 0.1) is 12.1 Å². The van der Waals surface area contributed by atoms with Crippen LogP contribution in [0.2, 0.25) is 0 Å². The number of hydrogen-bond acceptors (Lipinski definition) is 4. The number of hydrogen-bond donors (Lipinski definition) is 2. The minimum atomic E-state index is -0.258. The first-order valence-electron chi connectivity index (χ1n) is 6.72. The van der Waals surface area contributed by atoms with Crippen molar-refractivity contribution in [1.29, 1.82) is 0 Å². The fraction of sp³-hybridized carbons (Fsp3) is 0.643. The van der Waals surface area contributed by atoms with E-state index in [9.17, 15) is 5.11 Å². The standard InChI is InChI=1S/C14H23N3O/c1-10(15)11-6-5-9-16-14(11)17(2)12-7-3-4-8-13(12)18/h5-6,9-10,12-13,18H,3-4,7-8,15H2,1-2H3. The molecule has 0 saturated heterocycles. The Morgan fingerprint density at radius 2 is 2.17 bits per heavy atom. The van der Waals surface area contributed by atoms with E-state index >= 15 is 0 Å². The van der Waals surface area contributed by atoms with Crippen LogP contribution in [-0.2, 0) is 0 Å². The van der Waals surface area contributed by atoms with Gasteiger partial charge < -0.3 is 15.7 Å². The van der Waals surface area contributed by atoms with Crippen molar-refractivity contribution >= 4 is 5.82 Å². The Hall–Kier alpha value is -1.13. The molecule has 3 N–H and O–H groups in total. The Kier molecular flexibility index (Phi) is 4.19. The Balaban J connectivity index is 2.24. The van der Waals surface area contributed by atoms with Gasteiger partial charge in [-0.2, -0.15) is 0 Å². The largest absolute Gasteiger partial charge is 0.391 e. The summed E-state index contributed by atoms with van der Waals surface area (Å²) in [7, 11) is 2.01. The molecule has 4 heteroatoms. The number of aliphatic hydroxyl groups excluding tert-OH is 1. The first kappa shape index (κ1) is 13.3. The molecule has 1 aliphatic rings. The fourth-order valence-corrected chi connectivity index (χ4v) is 2.76. The van der Waals surface area contributed by atoms with Gasteiger partial charge in [-0.25, -0.2) is 4.98 Å². The van der Waals surface area contributed by atoms with Crippen LogP contribution in [0.4, 0.5) is 5.82 Å². The van der Waals surface area contributed by atoms with Gasteiger partial charge in [0.2, 0.25) is 0 Å². The number of likely N-dealkylation sites (N-methyl/N-ethyl adjacent to an activating group) is 1. The molecule has 1 heterocycles. The number of rotatable bonds is 3. The van der Waals surface area contributed by atoms with E-state index in [1.54, 1.807) is 6.20 Å². The molecule has 3 unspecified atom stereocenters. The lowest BCUT2D eigenvalue weighted by Crippen LogP contribution is -2.44. The van der Waals surface area contributed by atoms with E-state index in [1.165, 1.54) is 6.42 Å². The van der Waals surface area contributed by atoms with E-state index in [2.05, 4.69) is 9.88 Å². The van der Waals surface area contributed by atoms with Crippen LogP contribution in [0, 0.1) is 0 Å². The third-order valence-electron chi connectivity index (χ3n) is 3.83. The monoisotopic (exact) mass is 249 g/mol. The summed E-state index contributed by atoms with van der Waals surface area (Å²) < 4.78 is 0. The maximum atomic E-state index is 10.1. The van der Waals surface area contributed by atoms with Gasteiger partial charge in [-0.05, 0) is 25.8 Å². The second-order valence-corrected chi connectivity index (χ2v) is 5.23. The van der Waals surface area contributed by atoms with Crippen LogP contribution in [0.25, 0.3) is 0 Å². The summed E-state index contributed by atoms with van der Waals surface area (Å²) in [6.45, 7) is 1.96. The second kappa shape index (κ2) is 5.67. The van der Waals surface area contributed by atoms with Crippen LogP contribution in [0.15, 0.2) is 18.3 Å². The zero-order valence-electron chi connectivity index (χ0n) is 11.2. The second-order valence-electron chi connectivity index (χ2n) is 5.23. The third-order valence-corrected chi connectivity index (χ3v) is 3.83. The number of aromatic nitrogens is 1. The predicted octanol–water partition coefficient (Wildman–Crippen LogP) is 1.84. The highest BCUT2D eigenvalue weighted by atomic mass is 16.3. The van der Waals surface area contributed by atoms with Gasteiger partial charge in [-0.3, -0.25) is 0 Å². The van der Waals surface area contributed by atoms with Gasteiger partial charge in [0.25, 0.3) is 0 Å². The minimum Gasteiger partial charge on any atom is -0.391 e. The maximum absolute atomic E-state index is 10.1. The summed E-state index contributed by atoms with van der Waals surface area (Å²) in [5, 5.41) is 10.1. The van der Waals surface area contributed by atoms with Crippen LogP contribution < -0.4 is 10.6 Å². The summed E-state index contributed by atoms with van der Waals surface area (Å²) >= 11 is 0.